The Labute approximate surface area is 300 Å². The molecule has 0 fully saturated rings. The summed E-state index contributed by atoms with van der Waals surface area (Å²) in [5.41, 5.74) is 11.2. The molecule has 0 atom stereocenters. The topological polar surface area (TPSA) is 29.5 Å². The van der Waals surface area contributed by atoms with Gasteiger partial charge in [-0.2, -0.15) is 0 Å². The molecule has 2 aliphatic heterocycles. The maximum atomic E-state index is 13.2. The monoisotopic (exact) mass is 675 g/mol. The summed E-state index contributed by atoms with van der Waals surface area (Å²) >= 11 is 1.67. The van der Waals surface area contributed by atoms with E-state index < -0.39 is 5.41 Å². The largest absolute Gasteiger partial charge is 0.457 e. The molecule has 8 aromatic rings. The number of nitrogens with zero attached hydrogens (tertiary/aromatic N) is 1. The van der Waals surface area contributed by atoms with Gasteiger partial charge in [0.25, 0.3) is 0 Å². The third-order valence-corrected chi connectivity index (χ3v) is 11.9. The summed E-state index contributed by atoms with van der Waals surface area (Å²) in [6, 6.07) is 55.9. The molecule has 4 heteroatoms. The Bertz CT molecular complexity index is 2700. The molecule has 0 aliphatic carbocycles. The van der Waals surface area contributed by atoms with Crippen molar-refractivity contribution in [2.75, 3.05) is 4.90 Å². The van der Waals surface area contributed by atoms with Crippen LogP contribution in [0.2, 0.25) is 0 Å². The standard InChI is InChI=1S/C47H33NO2S/c1-29(2)31-22-26-43-39(27-31)47(38-14-6-9-17-42(38)50-43)36-12-4-7-15-40(36)48(41-16-8-5-13-37(41)47)33-23-19-30(20-24-33)32-21-25-35-45(28-32)51-44-18-10-3-11-34(44)46(35)49/h3-29H,1-2H3. The normalized spacial score (nSPS) is 13.8. The lowest BCUT2D eigenvalue weighted by molar-refractivity contribution is 0.433. The molecule has 0 amide bonds. The number of para-hydroxylation sites is 3. The first-order chi connectivity index (χ1) is 25.0. The highest BCUT2D eigenvalue weighted by atomic mass is 32.1. The number of rotatable bonds is 3. The molecular formula is C47H33NO2S. The van der Waals surface area contributed by atoms with Gasteiger partial charge in [0.05, 0.1) is 16.8 Å². The van der Waals surface area contributed by atoms with Crippen molar-refractivity contribution in [1.29, 1.82) is 0 Å². The van der Waals surface area contributed by atoms with Crippen molar-refractivity contribution in [3.05, 3.63) is 196 Å². The average molecular weight is 676 g/mol. The maximum absolute atomic E-state index is 13.2. The molecule has 1 spiro atoms. The minimum absolute atomic E-state index is 0.0941. The Kier molecular flexibility index (Phi) is 6.61. The molecule has 0 N–H and O–H groups in total. The fourth-order valence-electron chi connectivity index (χ4n) is 8.31. The van der Waals surface area contributed by atoms with Gasteiger partial charge in [0.2, 0.25) is 0 Å². The molecule has 0 bridgehead atoms. The van der Waals surface area contributed by atoms with Crippen LogP contribution < -0.4 is 15.1 Å². The van der Waals surface area contributed by atoms with Crippen LogP contribution in [-0.2, 0) is 5.41 Å². The Balaban J connectivity index is 1.15. The van der Waals surface area contributed by atoms with Crippen molar-refractivity contribution >= 4 is 48.6 Å². The van der Waals surface area contributed by atoms with Crippen LogP contribution in [0.3, 0.4) is 0 Å². The Morgan fingerprint density at radius 1 is 0.549 bits per heavy atom. The highest BCUT2D eigenvalue weighted by Gasteiger charge is 2.51. The van der Waals surface area contributed by atoms with E-state index in [0.717, 1.165) is 65.4 Å². The summed E-state index contributed by atoms with van der Waals surface area (Å²) in [4.78, 5) is 15.7. The zero-order chi connectivity index (χ0) is 34.3. The van der Waals surface area contributed by atoms with Gasteiger partial charge >= 0.3 is 0 Å². The SMILES string of the molecule is CC(C)c1ccc2c(c1)C1(c3ccccc3O2)c2ccccc2N(c2ccc(-c3ccc4c(=O)c5ccccc5sc4c3)cc2)c2ccccc21. The molecule has 3 heterocycles. The number of anilines is 3. The first kappa shape index (κ1) is 29.9. The summed E-state index contributed by atoms with van der Waals surface area (Å²) in [5.74, 6) is 2.16. The van der Waals surface area contributed by atoms with Crippen molar-refractivity contribution in [3.8, 4) is 22.6 Å². The first-order valence-corrected chi connectivity index (χ1v) is 18.3. The Hall–Kier alpha value is -5.97. The average Bonchev–Trinajstić information content (AvgIpc) is 3.18. The van der Waals surface area contributed by atoms with Gasteiger partial charge in [0.1, 0.15) is 11.5 Å². The van der Waals surface area contributed by atoms with Gasteiger partial charge in [0.15, 0.2) is 5.43 Å². The fraction of sp³-hybridized carbons (Fsp3) is 0.0851. The fourth-order valence-corrected chi connectivity index (χ4v) is 9.42. The lowest BCUT2D eigenvalue weighted by atomic mass is 9.61. The highest BCUT2D eigenvalue weighted by Crippen LogP contribution is 2.62. The van der Waals surface area contributed by atoms with E-state index in [0.29, 0.717) is 5.92 Å². The zero-order valence-electron chi connectivity index (χ0n) is 28.3. The van der Waals surface area contributed by atoms with Crippen molar-refractivity contribution in [3.63, 3.8) is 0 Å². The molecule has 1 aromatic heterocycles. The smallest absolute Gasteiger partial charge is 0.195 e. The van der Waals surface area contributed by atoms with Crippen LogP contribution in [0.5, 0.6) is 11.5 Å². The molecule has 2 aliphatic rings. The molecule has 0 saturated heterocycles. The quantitative estimate of drug-likeness (QED) is 0.175. The van der Waals surface area contributed by atoms with Crippen LogP contribution in [0, 0.1) is 0 Å². The van der Waals surface area contributed by atoms with E-state index in [2.05, 4.69) is 146 Å². The molecule has 0 unspecified atom stereocenters. The molecule has 51 heavy (non-hydrogen) atoms. The van der Waals surface area contributed by atoms with Crippen LogP contribution >= 0.6 is 11.3 Å². The Morgan fingerprint density at radius 3 is 1.90 bits per heavy atom. The van der Waals surface area contributed by atoms with Gasteiger partial charge in [-0.05, 0) is 94.4 Å². The lowest BCUT2D eigenvalue weighted by Crippen LogP contribution is -2.39. The molecule has 7 aromatic carbocycles. The van der Waals surface area contributed by atoms with Crippen molar-refractivity contribution in [2.45, 2.75) is 25.2 Å². The first-order valence-electron chi connectivity index (χ1n) is 17.5. The summed E-state index contributed by atoms with van der Waals surface area (Å²) in [6.07, 6.45) is 0. The van der Waals surface area contributed by atoms with E-state index in [1.54, 1.807) is 11.3 Å². The van der Waals surface area contributed by atoms with E-state index in [4.69, 9.17) is 4.74 Å². The van der Waals surface area contributed by atoms with E-state index >= 15 is 0 Å². The third kappa shape index (κ3) is 4.33. The van der Waals surface area contributed by atoms with Gasteiger partial charge in [-0.1, -0.05) is 111 Å². The van der Waals surface area contributed by atoms with E-state index in [1.807, 2.05) is 30.3 Å². The van der Waals surface area contributed by atoms with Crippen molar-refractivity contribution in [2.24, 2.45) is 0 Å². The van der Waals surface area contributed by atoms with Gasteiger partial charge < -0.3 is 9.64 Å². The summed E-state index contributed by atoms with van der Waals surface area (Å²) < 4.78 is 8.67. The van der Waals surface area contributed by atoms with E-state index in [-0.39, 0.29) is 5.43 Å². The number of benzene rings is 7. The summed E-state index contributed by atoms with van der Waals surface area (Å²) in [7, 11) is 0. The zero-order valence-corrected chi connectivity index (χ0v) is 29.1. The number of fused-ring (bicyclic) bond motifs is 10. The second-order valence-corrected chi connectivity index (χ2v) is 14.9. The molecule has 0 saturated carbocycles. The molecular weight excluding hydrogens is 643 g/mol. The molecule has 244 valence electrons. The van der Waals surface area contributed by atoms with Gasteiger partial charge in [-0.3, -0.25) is 4.79 Å². The number of hydrogen-bond acceptors (Lipinski definition) is 4. The molecule has 3 nitrogen and oxygen atoms in total. The van der Waals surface area contributed by atoms with Gasteiger partial charge in [0, 0.05) is 37.0 Å². The predicted octanol–water partition coefficient (Wildman–Crippen LogP) is 12.5. The second-order valence-electron chi connectivity index (χ2n) is 13.8. The summed E-state index contributed by atoms with van der Waals surface area (Å²) in [6.45, 7) is 4.50. The third-order valence-electron chi connectivity index (χ3n) is 10.7. The maximum Gasteiger partial charge on any atom is 0.195 e. The minimum Gasteiger partial charge on any atom is -0.457 e. The van der Waals surface area contributed by atoms with Crippen LogP contribution in [0.25, 0.3) is 31.3 Å². The number of hydrogen-bond donors (Lipinski definition) is 0. The Morgan fingerprint density at radius 2 is 1.16 bits per heavy atom. The van der Waals surface area contributed by atoms with Gasteiger partial charge in [-0.25, -0.2) is 0 Å². The van der Waals surface area contributed by atoms with Crippen LogP contribution in [0.15, 0.2) is 163 Å². The van der Waals surface area contributed by atoms with Crippen LogP contribution in [-0.4, -0.2) is 0 Å². The van der Waals surface area contributed by atoms with E-state index in [9.17, 15) is 4.79 Å². The van der Waals surface area contributed by atoms with Gasteiger partial charge in [-0.15, -0.1) is 11.3 Å². The van der Waals surface area contributed by atoms with Crippen molar-refractivity contribution in [1.82, 2.24) is 0 Å². The van der Waals surface area contributed by atoms with Crippen LogP contribution in [0.1, 0.15) is 47.6 Å². The minimum atomic E-state index is -0.574. The van der Waals surface area contributed by atoms with E-state index in [1.165, 1.54) is 22.3 Å². The second kappa shape index (κ2) is 11.3. The van der Waals surface area contributed by atoms with Crippen molar-refractivity contribution < 1.29 is 4.74 Å². The predicted molar refractivity (Wildman–Crippen MR) is 212 cm³/mol. The lowest BCUT2D eigenvalue weighted by Gasteiger charge is -2.48. The highest BCUT2D eigenvalue weighted by molar-refractivity contribution is 7.24. The molecule has 10 rings (SSSR count). The molecule has 0 radical (unpaired) electrons. The number of ether oxygens (including phenoxy) is 1. The summed E-state index contributed by atoms with van der Waals surface area (Å²) in [5, 5.41) is 1.55. The van der Waals surface area contributed by atoms with Crippen LogP contribution in [0.4, 0.5) is 17.1 Å².